The SMILES string of the molecule is O=C(Nc1nccs1)C1(F)CCN(c2ccn3nccc3n2)C1. The number of halogens is 1. The quantitative estimate of drug-likeness (QED) is 0.791. The molecule has 1 aliphatic rings. The predicted molar refractivity (Wildman–Crippen MR) is 84.4 cm³/mol. The third-order valence-corrected chi connectivity index (χ3v) is 4.54. The number of hydrogen-bond acceptors (Lipinski definition) is 6. The van der Waals surface area contributed by atoms with Crippen LogP contribution in [0, 0.1) is 0 Å². The molecule has 1 aliphatic heterocycles. The van der Waals surface area contributed by atoms with E-state index in [9.17, 15) is 9.18 Å². The molecule has 4 rings (SSSR count). The topological polar surface area (TPSA) is 75.4 Å². The van der Waals surface area contributed by atoms with Crippen LogP contribution in [-0.4, -0.2) is 44.2 Å². The van der Waals surface area contributed by atoms with E-state index in [0.29, 0.717) is 23.1 Å². The number of rotatable bonds is 3. The Morgan fingerprint density at radius 3 is 3.13 bits per heavy atom. The molecule has 0 aromatic carbocycles. The number of fused-ring (bicyclic) bond motifs is 1. The van der Waals surface area contributed by atoms with Crippen molar-refractivity contribution in [2.45, 2.75) is 12.1 Å². The van der Waals surface area contributed by atoms with Gasteiger partial charge in [0, 0.05) is 36.8 Å². The van der Waals surface area contributed by atoms with Crippen LogP contribution in [-0.2, 0) is 4.79 Å². The van der Waals surface area contributed by atoms with E-state index < -0.39 is 11.6 Å². The molecule has 7 nitrogen and oxygen atoms in total. The van der Waals surface area contributed by atoms with Gasteiger partial charge in [-0.1, -0.05) is 0 Å². The summed E-state index contributed by atoms with van der Waals surface area (Å²) in [5.74, 6) is -0.0139. The molecule has 4 heterocycles. The largest absolute Gasteiger partial charge is 0.353 e. The van der Waals surface area contributed by atoms with Crippen molar-refractivity contribution < 1.29 is 9.18 Å². The van der Waals surface area contributed by atoms with Crippen molar-refractivity contribution in [1.29, 1.82) is 0 Å². The molecule has 3 aromatic rings. The average molecular weight is 332 g/mol. The van der Waals surface area contributed by atoms with Gasteiger partial charge in [0.05, 0.1) is 12.7 Å². The first-order valence-electron chi connectivity index (χ1n) is 7.09. The number of carbonyl (C=O) groups is 1. The van der Waals surface area contributed by atoms with Crippen molar-refractivity contribution in [2.75, 3.05) is 23.3 Å². The third-order valence-electron chi connectivity index (χ3n) is 3.85. The molecule has 1 unspecified atom stereocenters. The number of thiazole rings is 1. The second kappa shape index (κ2) is 5.27. The molecule has 3 aromatic heterocycles. The molecule has 118 valence electrons. The van der Waals surface area contributed by atoms with Crippen LogP contribution in [0.3, 0.4) is 0 Å². The Bertz CT molecular complexity index is 850. The molecule has 1 amide bonds. The maximum Gasteiger partial charge on any atom is 0.265 e. The monoisotopic (exact) mass is 332 g/mol. The van der Waals surface area contributed by atoms with E-state index in [0.717, 1.165) is 0 Å². The van der Waals surface area contributed by atoms with E-state index in [1.54, 1.807) is 45.5 Å². The molecule has 0 aliphatic carbocycles. The zero-order valence-corrected chi connectivity index (χ0v) is 12.8. The van der Waals surface area contributed by atoms with Gasteiger partial charge in [-0.15, -0.1) is 11.3 Å². The van der Waals surface area contributed by atoms with E-state index in [4.69, 9.17) is 0 Å². The number of aromatic nitrogens is 4. The number of nitrogens with one attached hydrogen (secondary N) is 1. The first kappa shape index (κ1) is 14.1. The minimum absolute atomic E-state index is 0.0263. The molecule has 0 bridgehead atoms. The fourth-order valence-electron chi connectivity index (χ4n) is 2.63. The molecule has 0 spiro atoms. The molecule has 9 heteroatoms. The highest BCUT2D eigenvalue weighted by Crippen LogP contribution is 2.30. The number of hydrogen-bond donors (Lipinski definition) is 1. The third kappa shape index (κ3) is 2.52. The lowest BCUT2D eigenvalue weighted by Gasteiger charge is -2.20. The minimum Gasteiger partial charge on any atom is -0.353 e. The van der Waals surface area contributed by atoms with Crippen molar-refractivity contribution in [3.63, 3.8) is 0 Å². The van der Waals surface area contributed by atoms with Gasteiger partial charge in [-0.3, -0.25) is 10.1 Å². The summed E-state index contributed by atoms with van der Waals surface area (Å²) in [6.45, 7) is 0.403. The van der Waals surface area contributed by atoms with Crippen LogP contribution in [0.5, 0.6) is 0 Å². The second-order valence-corrected chi connectivity index (χ2v) is 6.24. The fraction of sp³-hybridized carbons (Fsp3) is 0.286. The summed E-state index contributed by atoms with van der Waals surface area (Å²) in [5, 5.41) is 8.75. The molecule has 0 radical (unpaired) electrons. The van der Waals surface area contributed by atoms with Gasteiger partial charge in [0.2, 0.25) is 5.67 Å². The maximum atomic E-state index is 15.0. The standard InChI is InChI=1S/C14H13FN6OS/c15-14(12(22)19-13-16-5-8-23-13)3-7-20(9-14)10-2-6-21-11(18-10)1-4-17-21/h1-2,4-6,8H,3,7,9H2,(H,16,19,22). The number of anilines is 2. The predicted octanol–water partition coefficient (Wildman–Crippen LogP) is 1.74. The summed E-state index contributed by atoms with van der Waals surface area (Å²) in [4.78, 5) is 22.4. The Morgan fingerprint density at radius 2 is 2.30 bits per heavy atom. The zero-order valence-electron chi connectivity index (χ0n) is 12.0. The van der Waals surface area contributed by atoms with E-state index >= 15 is 0 Å². The van der Waals surface area contributed by atoms with E-state index in [2.05, 4.69) is 20.4 Å². The van der Waals surface area contributed by atoms with Gasteiger partial charge in [0.15, 0.2) is 10.8 Å². The number of amides is 1. The Kier molecular flexibility index (Phi) is 3.22. The summed E-state index contributed by atoms with van der Waals surface area (Å²) in [5.41, 5.74) is -1.26. The Hall–Kier alpha value is -2.55. The zero-order chi connectivity index (χ0) is 15.9. The Balaban J connectivity index is 1.52. The lowest BCUT2D eigenvalue weighted by Crippen LogP contribution is -2.41. The smallest absolute Gasteiger partial charge is 0.265 e. The first-order valence-corrected chi connectivity index (χ1v) is 7.97. The maximum absolute atomic E-state index is 15.0. The van der Waals surface area contributed by atoms with E-state index in [1.807, 2.05) is 0 Å². The molecule has 23 heavy (non-hydrogen) atoms. The van der Waals surface area contributed by atoms with E-state index in [1.165, 1.54) is 11.3 Å². The minimum atomic E-state index is -1.94. The summed E-state index contributed by atoms with van der Waals surface area (Å²) in [6, 6.07) is 3.54. The molecular formula is C14H13FN6OS. The van der Waals surface area contributed by atoms with Crippen LogP contribution < -0.4 is 10.2 Å². The number of nitrogens with zero attached hydrogens (tertiary/aromatic N) is 5. The lowest BCUT2D eigenvalue weighted by atomic mass is 10.1. The molecule has 1 fully saturated rings. The molecule has 1 atom stereocenters. The van der Waals surface area contributed by atoms with Gasteiger partial charge in [0.25, 0.3) is 5.91 Å². The Labute approximate surface area is 134 Å². The average Bonchev–Trinajstić information content (AvgIpc) is 3.26. The van der Waals surface area contributed by atoms with Gasteiger partial charge >= 0.3 is 0 Å². The molecule has 0 saturated carbocycles. The van der Waals surface area contributed by atoms with Crippen molar-refractivity contribution in [2.24, 2.45) is 0 Å². The van der Waals surface area contributed by atoms with Gasteiger partial charge in [-0.25, -0.2) is 18.9 Å². The Morgan fingerprint density at radius 1 is 1.39 bits per heavy atom. The van der Waals surface area contributed by atoms with Crippen LogP contribution in [0.1, 0.15) is 6.42 Å². The summed E-state index contributed by atoms with van der Waals surface area (Å²) < 4.78 is 16.6. The van der Waals surface area contributed by atoms with Crippen molar-refractivity contribution in [3.05, 3.63) is 36.1 Å². The van der Waals surface area contributed by atoms with Crippen LogP contribution in [0.2, 0.25) is 0 Å². The lowest BCUT2D eigenvalue weighted by molar-refractivity contribution is -0.126. The van der Waals surface area contributed by atoms with Crippen LogP contribution in [0.25, 0.3) is 5.65 Å². The van der Waals surface area contributed by atoms with Crippen LogP contribution >= 0.6 is 11.3 Å². The summed E-state index contributed by atoms with van der Waals surface area (Å²) in [7, 11) is 0. The van der Waals surface area contributed by atoms with Gasteiger partial charge < -0.3 is 4.90 Å². The van der Waals surface area contributed by atoms with Crippen molar-refractivity contribution >= 4 is 33.8 Å². The fourth-order valence-corrected chi connectivity index (χ4v) is 3.15. The van der Waals surface area contributed by atoms with Crippen molar-refractivity contribution in [3.8, 4) is 0 Å². The highest BCUT2D eigenvalue weighted by Gasteiger charge is 2.46. The molecule has 1 N–H and O–H groups in total. The second-order valence-electron chi connectivity index (χ2n) is 5.35. The van der Waals surface area contributed by atoms with Gasteiger partial charge in [0.1, 0.15) is 5.82 Å². The molecular weight excluding hydrogens is 319 g/mol. The van der Waals surface area contributed by atoms with Crippen molar-refractivity contribution in [1.82, 2.24) is 19.6 Å². The van der Waals surface area contributed by atoms with Gasteiger partial charge in [-0.05, 0) is 6.07 Å². The normalized spacial score (nSPS) is 21.0. The van der Waals surface area contributed by atoms with E-state index in [-0.39, 0.29) is 13.0 Å². The van der Waals surface area contributed by atoms with Crippen LogP contribution in [0.4, 0.5) is 15.3 Å². The number of alkyl halides is 1. The van der Waals surface area contributed by atoms with Gasteiger partial charge in [-0.2, -0.15) is 5.10 Å². The number of carbonyl (C=O) groups excluding carboxylic acids is 1. The highest BCUT2D eigenvalue weighted by molar-refractivity contribution is 7.13. The summed E-state index contributed by atoms with van der Waals surface area (Å²) >= 11 is 1.26. The molecule has 1 saturated heterocycles. The van der Waals surface area contributed by atoms with Crippen LogP contribution in [0.15, 0.2) is 36.1 Å². The highest BCUT2D eigenvalue weighted by atomic mass is 32.1. The summed E-state index contributed by atoms with van der Waals surface area (Å²) in [6.07, 6.45) is 5.11. The first-order chi connectivity index (χ1) is 11.1.